The molecular weight excluding hydrogens is 422 g/mol. The van der Waals surface area contributed by atoms with Crippen molar-refractivity contribution >= 4 is 10.9 Å². The summed E-state index contributed by atoms with van der Waals surface area (Å²) in [4.78, 5) is 31.3. The van der Waals surface area contributed by atoms with Crippen molar-refractivity contribution < 1.29 is 9.47 Å². The molecular formula is C24H31N5O4. The highest BCUT2D eigenvalue weighted by molar-refractivity contribution is 5.86. The molecule has 9 heteroatoms. The van der Waals surface area contributed by atoms with Crippen molar-refractivity contribution in [3.05, 3.63) is 61.6 Å². The van der Waals surface area contributed by atoms with Crippen molar-refractivity contribution in [3.63, 3.8) is 0 Å². The number of aromatic nitrogens is 3. The van der Waals surface area contributed by atoms with Crippen molar-refractivity contribution in [2.75, 3.05) is 46.0 Å². The Morgan fingerprint density at radius 1 is 1.15 bits per heavy atom. The highest BCUT2D eigenvalue weighted by Gasteiger charge is 2.30. The first-order valence-corrected chi connectivity index (χ1v) is 11.5. The molecule has 176 valence electrons. The third kappa shape index (κ3) is 3.90. The van der Waals surface area contributed by atoms with Gasteiger partial charge in [0.25, 0.3) is 5.56 Å². The quantitative estimate of drug-likeness (QED) is 0.594. The molecule has 0 radical (unpaired) electrons. The molecule has 1 fully saturated rings. The highest BCUT2D eigenvalue weighted by Crippen LogP contribution is 2.34. The van der Waals surface area contributed by atoms with Crippen LogP contribution < -0.4 is 21.3 Å². The SMILES string of the molecule is Cc1c(C2NCCc3c2[nH]c2ccc(OCCN4CCOCC4)cc32)c(=O)n(C)c(=O)n1C. The molecule has 1 aromatic carbocycles. The molecule has 0 bridgehead atoms. The van der Waals surface area contributed by atoms with Crippen molar-refractivity contribution in [3.8, 4) is 5.75 Å². The van der Waals surface area contributed by atoms with E-state index in [2.05, 4.69) is 21.3 Å². The van der Waals surface area contributed by atoms with E-state index in [1.165, 1.54) is 21.7 Å². The molecule has 5 rings (SSSR count). The molecule has 2 aromatic heterocycles. The van der Waals surface area contributed by atoms with Crippen molar-refractivity contribution in [1.82, 2.24) is 24.3 Å². The second-order valence-corrected chi connectivity index (χ2v) is 8.87. The monoisotopic (exact) mass is 453 g/mol. The normalized spacial score (nSPS) is 19.1. The van der Waals surface area contributed by atoms with E-state index in [1.807, 2.05) is 19.1 Å². The van der Waals surface area contributed by atoms with Crippen LogP contribution in [0.25, 0.3) is 10.9 Å². The molecule has 0 amide bonds. The number of nitrogens with one attached hydrogen (secondary N) is 2. The first-order chi connectivity index (χ1) is 16.0. The van der Waals surface area contributed by atoms with Gasteiger partial charge < -0.3 is 24.3 Å². The van der Waals surface area contributed by atoms with Crippen molar-refractivity contribution in [2.24, 2.45) is 14.1 Å². The zero-order chi connectivity index (χ0) is 23.1. The number of hydrogen-bond acceptors (Lipinski definition) is 6. The van der Waals surface area contributed by atoms with Gasteiger partial charge in [-0.05, 0) is 37.1 Å². The fraction of sp³-hybridized carbons (Fsp3) is 0.500. The standard InChI is InChI=1S/C24H31N5O4/c1-15-20(23(30)28(3)24(31)27(15)2)22-21-17(6-7-25-22)18-14-16(4-5-19(18)26-21)33-13-10-29-8-11-32-12-9-29/h4-5,14,22,25-26H,6-13H2,1-3H3. The maximum atomic E-state index is 13.1. The van der Waals surface area contributed by atoms with Crippen LogP contribution in [0.2, 0.25) is 0 Å². The van der Waals surface area contributed by atoms with Crippen LogP contribution in [0.1, 0.15) is 28.6 Å². The van der Waals surface area contributed by atoms with Crippen LogP contribution >= 0.6 is 0 Å². The molecule has 4 heterocycles. The Hall–Kier alpha value is -2.88. The summed E-state index contributed by atoms with van der Waals surface area (Å²) in [7, 11) is 3.24. The van der Waals surface area contributed by atoms with E-state index in [-0.39, 0.29) is 17.3 Å². The summed E-state index contributed by atoms with van der Waals surface area (Å²) < 4.78 is 14.2. The summed E-state index contributed by atoms with van der Waals surface area (Å²) in [5.41, 5.74) is 3.92. The number of fused-ring (bicyclic) bond motifs is 3. The topological polar surface area (TPSA) is 93.5 Å². The largest absolute Gasteiger partial charge is 0.492 e. The molecule has 1 saturated heterocycles. The molecule has 1 atom stereocenters. The number of morpholine rings is 1. The molecule has 1 unspecified atom stereocenters. The van der Waals surface area contributed by atoms with Gasteiger partial charge in [0.1, 0.15) is 12.4 Å². The lowest BCUT2D eigenvalue weighted by Crippen LogP contribution is -2.44. The van der Waals surface area contributed by atoms with Crippen molar-refractivity contribution in [1.29, 1.82) is 0 Å². The first-order valence-electron chi connectivity index (χ1n) is 11.5. The minimum atomic E-state index is -0.312. The summed E-state index contributed by atoms with van der Waals surface area (Å²) in [6.45, 7) is 7.57. The zero-order valence-electron chi connectivity index (χ0n) is 19.4. The second kappa shape index (κ2) is 8.81. The van der Waals surface area contributed by atoms with Gasteiger partial charge in [-0.1, -0.05) is 0 Å². The van der Waals surface area contributed by atoms with Gasteiger partial charge in [0.05, 0.1) is 24.8 Å². The van der Waals surface area contributed by atoms with E-state index in [9.17, 15) is 9.59 Å². The average Bonchev–Trinajstić information content (AvgIpc) is 3.21. The fourth-order valence-electron chi connectivity index (χ4n) is 4.96. The lowest BCUT2D eigenvalue weighted by molar-refractivity contribution is 0.0322. The van der Waals surface area contributed by atoms with Gasteiger partial charge in [-0.2, -0.15) is 0 Å². The lowest BCUT2D eigenvalue weighted by Gasteiger charge is -2.26. The lowest BCUT2D eigenvalue weighted by atomic mass is 9.94. The number of aromatic amines is 1. The van der Waals surface area contributed by atoms with Gasteiger partial charge >= 0.3 is 5.69 Å². The minimum Gasteiger partial charge on any atom is -0.492 e. The third-order valence-electron chi connectivity index (χ3n) is 6.99. The van der Waals surface area contributed by atoms with Gasteiger partial charge in [-0.3, -0.25) is 14.3 Å². The molecule has 0 saturated carbocycles. The van der Waals surface area contributed by atoms with Gasteiger partial charge in [0.2, 0.25) is 0 Å². The summed E-state index contributed by atoms with van der Waals surface area (Å²) in [5, 5.41) is 4.61. The van der Waals surface area contributed by atoms with E-state index >= 15 is 0 Å². The van der Waals surface area contributed by atoms with Crippen LogP contribution in [0, 0.1) is 6.92 Å². The predicted octanol–water partition coefficient (Wildman–Crippen LogP) is 0.820. The minimum absolute atomic E-state index is 0.258. The van der Waals surface area contributed by atoms with E-state index < -0.39 is 0 Å². The fourth-order valence-corrected chi connectivity index (χ4v) is 4.96. The summed E-state index contributed by atoms with van der Waals surface area (Å²) in [5.74, 6) is 0.849. The number of hydrogen-bond donors (Lipinski definition) is 2. The van der Waals surface area contributed by atoms with Crippen LogP contribution in [-0.2, 0) is 25.3 Å². The predicted molar refractivity (Wildman–Crippen MR) is 126 cm³/mol. The third-order valence-corrected chi connectivity index (χ3v) is 6.99. The smallest absolute Gasteiger partial charge is 0.330 e. The van der Waals surface area contributed by atoms with Gasteiger partial charge in [-0.15, -0.1) is 0 Å². The molecule has 33 heavy (non-hydrogen) atoms. The van der Waals surface area contributed by atoms with Crippen molar-refractivity contribution in [2.45, 2.75) is 19.4 Å². The number of rotatable bonds is 5. The Balaban J connectivity index is 1.45. The van der Waals surface area contributed by atoms with E-state index in [0.717, 1.165) is 68.2 Å². The number of benzene rings is 1. The Bertz CT molecular complexity index is 1300. The van der Waals surface area contributed by atoms with Gasteiger partial charge in [-0.25, -0.2) is 4.79 Å². The van der Waals surface area contributed by atoms with Crippen LogP contribution in [-0.4, -0.2) is 65.0 Å². The highest BCUT2D eigenvalue weighted by atomic mass is 16.5. The number of nitrogens with zero attached hydrogens (tertiary/aromatic N) is 3. The van der Waals surface area contributed by atoms with E-state index in [0.29, 0.717) is 17.9 Å². The Kier molecular flexibility index (Phi) is 5.86. The number of H-pyrrole nitrogens is 1. The van der Waals surface area contributed by atoms with Crippen LogP contribution in [0.4, 0.5) is 0 Å². The molecule has 2 aliphatic rings. The van der Waals surface area contributed by atoms with E-state index in [4.69, 9.17) is 9.47 Å². The molecule has 3 aromatic rings. The van der Waals surface area contributed by atoms with Gasteiger partial charge in [0.15, 0.2) is 0 Å². The molecule has 2 N–H and O–H groups in total. The Morgan fingerprint density at radius 2 is 1.94 bits per heavy atom. The molecule has 9 nitrogen and oxygen atoms in total. The molecule has 0 aliphatic carbocycles. The number of ether oxygens (including phenoxy) is 2. The maximum absolute atomic E-state index is 13.1. The van der Waals surface area contributed by atoms with Crippen LogP contribution in [0.3, 0.4) is 0 Å². The van der Waals surface area contributed by atoms with Crippen LogP contribution in [0.15, 0.2) is 27.8 Å². The molecule has 0 spiro atoms. The second-order valence-electron chi connectivity index (χ2n) is 8.87. The Morgan fingerprint density at radius 3 is 2.73 bits per heavy atom. The zero-order valence-corrected chi connectivity index (χ0v) is 19.4. The maximum Gasteiger partial charge on any atom is 0.330 e. The first kappa shape index (κ1) is 21.9. The summed E-state index contributed by atoms with van der Waals surface area (Å²) in [6, 6.07) is 5.83. The summed E-state index contributed by atoms with van der Waals surface area (Å²) in [6.07, 6.45) is 0.855. The average molecular weight is 454 g/mol. The Labute approximate surface area is 191 Å². The van der Waals surface area contributed by atoms with Gasteiger partial charge in [0, 0.05) is 62.6 Å². The summed E-state index contributed by atoms with van der Waals surface area (Å²) >= 11 is 0. The van der Waals surface area contributed by atoms with E-state index in [1.54, 1.807) is 7.05 Å². The van der Waals surface area contributed by atoms with Crippen LogP contribution in [0.5, 0.6) is 5.75 Å². The molecule has 2 aliphatic heterocycles.